The van der Waals surface area contributed by atoms with Gasteiger partial charge in [-0.25, -0.2) is 9.97 Å². The molecule has 1 aromatic heterocycles. The van der Waals surface area contributed by atoms with Crippen LogP contribution in [0.2, 0.25) is 5.15 Å². The van der Waals surface area contributed by atoms with Crippen molar-refractivity contribution in [3.05, 3.63) is 23.0 Å². The van der Waals surface area contributed by atoms with Crippen molar-refractivity contribution < 1.29 is 4.39 Å². The van der Waals surface area contributed by atoms with Crippen molar-refractivity contribution in [2.24, 2.45) is 0 Å². The van der Waals surface area contributed by atoms with E-state index < -0.39 is 5.95 Å². The molecule has 0 saturated carbocycles. The minimum Gasteiger partial charge on any atom is -0.238 e. The van der Waals surface area contributed by atoms with Crippen LogP contribution < -0.4 is 0 Å². The zero-order chi connectivity index (χ0) is 12.9. The van der Waals surface area contributed by atoms with E-state index in [1.165, 1.54) is 12.8 Å². The Morgan fingerprint density at radius 2 is 2.06 bits per heavy atom. The molecule has 0 aliphatic carbocycles. The summed E-state index contributed by atoms with van der Waals surface area (Å²) in [6.45, 7) is 6.32. The third-order valence-corrected chi connectivity index (χ3v) is 3.66. The molecule has 1 heterocycles. The van der Waals surface area contributed by atoms with E-state index in [2.05, 4.69) is 30.7 Å². The third kappa shape index (κ3) is 3.63. The minimum atomic E-state index is -0.556. The summed E-state index contributed by atoms with van der Waals surface area (Å²) in [7, 11) is 0. The van der Waals surface area contributed by atoms with E-state index in [0.717, 1.165) is 25.5 Å². The summed E-state index contributed by atoms with van der Waals surface area (Å²) in [5.41, 5.74) is 0.416. The number of rotatable bonds is 6. The lowest BCUT2D eigenvalue weighted by Crippen LogP contribution is -2.24. The molecule has 1 atom stereocenters. The Balaban J connectivity index is 2.94. The van der Waals surface area contributed by atoms with Gasteiger partial charge in [0.15, 0.2) is 5.15 Å². The van der Waals surface area contributed by atoms with Gasteiger partial charge >= 0.3 is 0 Å². The highest BCUT2D eigenvalue weighted by Gasteiger charge is 2.29. The van der Waals surface area contributed by atoms with Crippen LogP contribution in [0.15, 0.2) is 6.20 Å². The van der Waals surface area contributed by atoms with Gasteiger partial charge in [0.2, 0.25) is 5.95 Å². The van der Waals surface area contributed by atoms with Gasteiger partial charge in [0, 0.05) is 5.41 Å². The van der Waals surface area contributed by atoms with Gasteiger partial charge in [0.25, 0.3) is 0 Å². The fourth-order valence-corrected chi connectivity index (χ4v) is 2.28. The van der Waals surface area contributed by atoms with Crippen LogP contribution in [0.1, 0.15) is 58.6 Å². The van der Waals surface area contributed by atoms with Crippen LogP contribution in [-0.4, -0.2) is 9.97 Å². The molecule has 0 amide bonds. The van der Waals surface area contributed by atoms with Crippen molar-refractivity contribution in [3.63, 3.8) is 0 Å². The van der Waals surface area contributed by atoms with Gasteiger partial charge in [-0.1, -0.05) is 51.6 Å². The molecule has 0 spiro atoms. The molecule has 1 rings (SSSR count). The second-order valence-electron chi connectivity index (χ2n) is 4.70. The number of hydrogen-bond donors (Lipinski definition) is 0. The molecule has 1 unspecified atom stereocenters. The maximum absolute atomic E-state index is 13.2. The first-order chi connectivity index (χ1) is 8.03. The lowest BCUT2D eigenvalue weighted by Gasteiger charge is -2.28. The molecular formula is C13H20ClFN2. The van der Waals surface area contributed by atoms with Gasteiger partial charge in [-0.15, -0.1) is 0 Å². The fourth-order valence-electron chi connectivity index (χ4n) is 1.96. The molecule has 2 nitrogen and oxygen atoms in total. The van der Waals surface area contributed by atoms with Crippen molar-refractivity contribution >= 4 is 11.6 Å². The first-order valence-corrected chi connectivity index (χ1v) is 6.59. The summed E-state index contributed by atoms with van der Waals surface area (Å²) < 4.78 is 13.2. The predicted octanol–water partition coefficient (Wildman–Crippen LogP) is 4.52. The summed E-state index contributed by atoms with van der Waals surface area (Å²) in [4.78, 5) is 7.78. The SMILES string of the molecule is CCCCCC(C)(CC)c1nc(F)cnc1Cl. The number of halogens is 2. The van der Waals surface area contributed by atoms with E-state index in [-0.39, 0.29) is 5.41 Å². The van der Waals surface area contributed by atoms with Crippen LogP contribution in [-0.2, 0) is 5.41 Å². The molecule has 0 bridgehead atoms. The molecule has 0 aliphatic rings. The standard InChI is InChI=1S/C13H20ClFN2/c1-4-6-7-8-13(3,5-2)11-12(14)16-9-10(15)17-11/h9H,4-8H2,1-3H3. The third-order valence-electron chi connectivity index (χ3n) is 3.38. The average Bonchev–Trinajstić information content (AvgIpc) is 2.32. The Morgan fingerprint density at radius 3 is 2.65 bits per heavy atom. The summed E-state index contributed by atoms with van der Waals surface area (Å²) in [6.07, 6.45) is 6.37. The quantitative estimate of drug-likeness (QED) is 0.701. The Morgan fingerprint density at radius 1 is 1.35 bits per heavy atom. The normalized spacial score (nSPS) is 14.6. The molecule has 0 fully saturated rings. The van der Waals surface area contributed by atoms with Gasteiger partial charge in [-0.3, -0.25) is 0 Å². The summed E-state index contributed by atoms with van der Waals surface area (Å²) in [5, 5.41) is 0.326. The molecule has 1 aromatic rings. The molecule has 0 saturated heterocycles. The fraction of sp³-hybridized carbons (Fsp3) is 0.692. The van der Waals surface area contributed by atoms with Crippen molar-refractivity contribution in [3.8, 4) is 0 Å². The maximum atomic E-state index is 13.2. The molecule has 4 heteroatoms. The van der Waals surface area contributed by atoms with E-state index in [4.69, 9.17) is 11.6 Å². The number of unbranched alkanes of at least 4 members (excludes halogenated alkanes) is 2. The van der Waals surface area contributed by atoms with Crippen molar-refractivity contribution in [1.82, 2.24) is 9.97 Å². The molecule has 0 radical (unpaired) electrons. The van der Waals surface area contributed by atoms with Crippen molar-refractivity contribution in [1.29, 1.82) is 0 Å². The van der Waals surface area contributed by atoms with E-state index in [0.29, 0.717) is 10.8 Å². The summed E-state index contributed by atoms with van der Waals surface area (Å²) >= 11 is 6.03. The lowest BCUT2D eigenvalue weighted by atomic mass is 9.79. The number of nitrogens with zero attached hydrogens (tertiary/aromatic N) is 2. The van der Waals surface area contributed by atoms with Crippen LogP contribution in [0, 0.1) is 5.95 Å². The maximum Gasteiger partial charge on any atom is 0.231 e. The second-order valence-corrected chi connectivity index (χ2v) is 5.06. The van der Waals surface area contributed by atoms with Crippen LogP contribution in [0.5, 0.6) is 0 Å². The lowest BCUT2D eigenvalue weighted by molar-refractivity contribution is 0.379. The molecule has 0 aliphatic heterocycles. The van der Waals surface area contributed by atoms with Gasteiger partial charge in [-0.05, 0) is 12.8 Å². The second kappa shape index (κ2) is 6.29. The first-order valence-electron chi connectivity index (χ1n) is 6.22. The largest absolute Gasteiger partial charge is 0.238 e. The average molecular weight is 259 g/mol. The van der Waals surface area contributed by atoms with E-state index in [1.54, 1.807) is 0 Å². The molecule has 17 heavy (non-hydrogen) atoms. The van der Waals surface area contributed by atoms with E-state index in [1.807, 2.05) is 0 Å². The molecule has 0 N–H and O–H groups in total. The van der Waals surface area contributed by atoms with Crippen LogP contribution in [0.3, 0.4) is 0 Å². The minimum absolute atomic E-state index is 0.179. The number of hydrogen-bond acceptors (Lipinski definition) is 2. The Labute approximate surface area is 108 Å². The smallest absolute Gasteiger partial charge is 0.231 e. The van der Waals surface area contributed by atoms with Gasteiger partial charge in [-0.2, -0.15) is 4.39 Å². The predicted molar refractivity (Wildman–Crippen MR) is 68.8 cm³/mol. The molecular weight excluding hydrogens is 239 g/mol. The monoisotopic (exact) mass is 258 g/mol. The van der Waals surface area contributed by atoms with Crippen LogP contribution in [0.25, 0.3) is 0 Å². The van der Waals surface area contributed by atoms with Crippen molar-refractivity contribution in [2.45, 2.75) is 58.3 Å². The Kier molecular flexibility index (Phi) is 5.31. The molecule has 96 valence electrons. The van der Waals surface area contributed by atoms with Gasteiger partial charge in [0.1, 0.15) is 0 Å². The summed E-state index contributed by atoms with van der Waals surface area (Å²) in [6, 6.07) is 0. The molecule has 0 aromatic carbocycles. The highest BCUT2D eigenvalue weighted by atomic mass is 35.5. The Hall–Kier alpha value is -0.700. The highest BCUT2D eigenvalue weighted by molar-refractivity contribution is 6.30. The van der Waals surface area contributed by atoms with Crippen molar-refractivity contribution in [2.75, 3.05) is 0 Å². The van der Waals surface area contributed by atoms with Gasteiger partial charge < -0.3 is 0 Å². The topological polar surface area (TPSA) is 25.8 Å². The number of aromatic nitrogens is 2. The highest BCUT2D eigenvalue weighted by Crippen LogP contribution is 2.35. The summed E-state index contributed by atoms with van der Waals surface area (Å²) in [5.74, 6) is -0.556. The zero-order valence-electron chi connectivity index (χ0n) is 10.8. The van der Waals surface area contributed by atoms with Gasteiger partial charge in [0.05, 0.1) is 11.9 Å². The Bertz CT molecular complexity index is 370. The van der Waals surface area contributed by atoms with Crippen LogP contribution in [0.4, 0.5) is 4.39 Å². The van der Waals surface area contributed by atoms with Crippen LogP contribution >= 0.6 is 11.6 Å². The first kappa shape index (κ1) is 14.4. The zero-order valence-corrected chi connectivity index (χ0v) is 11.5. The van der Waals surface area contributed by atoms with E-state index >= 15 is 0 Å². The van der Waals surface area contributed by atoms with E-state index in [9.17, 15) is 4.39 Å².